The van der Waals surface area contributed by atoms with Crippen molar-refractivity contribution in [2.75, 3.05) is 13.1 Å². The van der Waals surface area contributed by atoms with Crippen molar-refractivity contribution >= 4 is 17.1 Å². The molecule has 0 amide bonds. The van der Waals surface area contributed by atoms with Crippen LogP contribution in [0.15, 0.2) is 36.8 Å². The van der Waals surface area contributed by atoms with E-state index in [9.17, 15) is 0 Å². The lowest BCUT2D eigenvalue weighted by Crippen LogP contribution is -2.17. The molecule has 8 nitrogen and oxygen atoms in total. The Morgan fingerprint density at radius 2 is 2.20 bits per heavy atom. The number of ether oxygens (including phenoxy) is 1. The number of halogens is 1. The molecular weight excluding hydrogens is 402 g/mol. The van der Waals surface area contributed by atoms with Crippen molar-refractivity contribution < 1.29 is 4.74 Å². The maximum Gasteiger partial charge on any atom is 0.148 e. The molecule has 1 atom stereocenters. The lowest BCUT2D eigenvalue weighted by Gasteiger charge is -2.16. The van der Waals surface area contributed by atoms with Gasteiger partial charge in [-0.1, -0.05) is 11.6 Å². The summed E-state index contributed by atoms with van der Waals surface area (Å²) in [6, 6.07) is 5.72. The molecule has 9 heteroatoms. The molecule has 1 aliphatic heterocycles. The highest BCUT2D eigenvalue weighted by molar-refractivity contribution is 6.34. The second-order valence-corrected chi connectivity index (χ2v) is 7.84. The fourth-order valence-corrected chi connectivity index (χ4v) is 4.15. The number of fused-ring (bicyclic) bond motifs is 2. The minimum absolute atomic E-state index is 0.297. The van der Waals surface area contributed by atoms with Crippen LogP contribution in [0.1, 0.15) is 30.0 Å². The molecule has 5 heterocycles. The van der Waals surface area contributed by atoms with E-state index in [1.165, 1.54) is 11.3 Å². The first kappa shape index (κ1) is 19.0. The standard InChI is InChI=1S/C21H22ClN7O/c1-13-18-5-7-23-8-9-28(18)27-20(13)15-10-19(21-16(22)11-25-29(21)12-15)30-14(2)17-4-3-6-24-26-17/h3-4,6,10-12,14,23H,5,7-9H2,1-2H3. The molecule has 0 fully saturated rings. The van der Waals surface area contributed by atoms with Gasteiger partial charge in [-0.2, -0.15) is 20.4 Å². The molecule has 4 aromatic rings. The van der Waals surface area contributed by atoms with Gasteiger partial charge in [-0.25, -0.2) is 4.52 Å². The lowest BCUT2D eigenvalue weighted by atomic mass is 10.1. The maximum atomic E-state index is 6.42. The van der Waals surface area contributed by atoms with Gasteiger partial charge in [0.2, 0.25) is 0 Å². The van der Waals surface area contributed by atoms with Crippen LogP contribution in [-0.2, 0) is 13.0 Å². The van der Waals surface area contributed by atoms with Crippen LogP contribution in [0.4, 0.5) is 0 Å². The fraction of sp³-hybridized carbons (Fsp3) is 0.333. The summed E-state index contributed by atoms with van der Waals surface area (Å²) in [5.41, 5.74) is 5.80. The Labute approximate surface area is 178 Å². The van der Waals surface area contributed by atoms with E-state index >= 15 is 0 Å². The molecule has 0 radical (unpaired) electrons. The summed E-state index contributed by atoms with van der Waals surface area (Å²) in [7, 11) is 0. The Morgan fingerprint density at radius 1 is 1.30 bits per heavy atom. The van der Waals surface area contributed by atoms with E-state index in [-0.39, 0.29) is 6.10 Å². The highest BCUT2D eigenvalue weighted by atomic mass is 35.5. The van der Waals surface area contributed by atoms with E-state index in [1.54, 1.807) is 16.9 Å². The first-order chi connectivity index (χ1) is 14.6. The smallest absolute Gasteiger partial charge is 0.148 e. The Balaban J connectivity index is 1.60. The molecule has 0 saturated carbocycles. The molecule has 0 aromatic carbocycles. The van der Waals surface area contributed by atoms with Crippen molar-refractivity contribution in [3.63, 3.8) is 0 Å². The number of rotatable bonds is 4. The Morgan fingerprint density at radius 3 is 3.03 bits per heavy atom. The second-order valence-electron chi connectivity index (χ2n) is 7.43. The van der Waals surface area contributed by atoms with Crippen LogP contribution in [0, 0.1) is 6.92 Å². The average Bonchev–Trinajstić information content (AvgIpc) is 3.18. The van der Waals surface area contributed by atoms with E-state index in [4.69, 9.17) is 21.4 Å². The van der Waals surface area contributed by atoms with Crippen molar-refractivity contribution in [2.45, 2.75) is 32.9 Å². The van der Waals surface area contributed by atoms with Gasteiger partial charge in [0.15, 0.2) is 0 Å². The zero-order valence-corrected chi connectivity index (χ0v) is 17.6. The van der Waals surface area contributed by atoms with E-state index < -0.39 is 0 Å². The number of aromatic nitrogens is 6. The van der Waals surface area contributed by atoms with E-state index in [0.717, 1.165) is 48.5 Å². The molecule has 30 heavy (non-hydrogen) atoms. The number of nitrogens with one attached hydrogen (secondary N) is 1. The summed E-state index contributed by atoms with van der Waals surface area (Å²) < 4.78 is 10.1. The fourth-order valence-electron chi connectivity index (χ4n) is 3.93. The summed E-state index contributed by atoms with van der Waals surface area (Å²) >= 11 is 6.42. The SMILES string of the molecule is Cc1c(-c2cc(OC(C)c3cccnn3)c3c(Cl)cnn3c2)nn2c1CCNCC2. The Hall–Kier alpha value is -2.97. The van der Waals surface area contributed by atoms with Crippen molar-refractivity contribution in [2.24, 2.45) is 0 Å². The summed E-state index contributed by atoms with van der Waals surface area (Å²) in [5, 5.41) is 21.4. The number of nitrogens with zero attached hydrogens (tertiary/aromatic N) is 6. The number of hydrogen-bond acceptors (Lipinski definition) is 6. The predicted molar refractivity (Wildman–Crippen MR) is 114 cm³/mol. The predicted octanol–water partition coefficient (Wildman–Crippen LogP) is 3.24. The van der Waals surface area contributed by atoms with Crippen molar-refractivity contribution in [3.05, 3.63) is 58.8 Å². The third-order valence-electron chi connectivity index (χ3n) is 5.48. The highest BCUT2D eigenvalue weighted by Crippen LogP contribution is 2.35. The topological polar surface area (TPSA) is 82.2 Å². The van der Waals surface area contributed by atoms with Crippen LogP contribution in [0.5, 0.6) is 5.75 Å². The van der Waals surface area contributed by atoms with Gasteiger partial charge in [0, 0.05) is 43.2 Å². The van der Waals surface area contributed by atoms with Crippen molar-refractivity contribution in [1.82, 2.24) is 34.9 Å². The number of hydrogen-bond donors (Lipinski definition) is 1. The zero-order valence-electron chi connectivity index (χ0n) is 16.8. The van der Waals surface area contributed by atoms with E-state index in [2.05, 4.69) is 32.2 Å². The molecule has 1 N–H and O–H groups in total. The third-order valence-corrected chi connectivity index (χ3v) is 5.75. The van der Waals surface area contributed by atoms with Gasteiger partial charge in [-0.3, -0.25) is 4.68 Å². The van der Waals surface area contributed by atoms with Crippen LogP contribution >= 0.6 is 11.6 Å². The van der Waals surface area contributed by atoms with Gasteiger partial charge in [-0.05, 0) is 37.6 Å². The van der Waals surface area contributed by atoms with Crippen LogP contribution in [-0.4, -0.2) is 42.7 Å². The lowest BCUT2D eigenvalue weighted by molar-refractivity contribution is 0.222. The van der Waals surface area contributed by atoms with Gasteiger partial charge in [0.1, 0.15) is 23.1 Å². The average molecular weight is 424 g/mol. The van der Waals surface area contributed by atoms with Crippen molar-refractivity contribution in [1.29, 1.82) is 0 Å². The van der Waals surface area contributed by atoms with Crippen LogP contribution in [0.3, 0.4) is 0 Å². The van der Waals surface area contributed by atoms with Gasteiger partial charge < -0.3 is 10.1 Å². The molecule has 1 aliphatic rings. The molecular formula is C21H22ClN7O. The normalized spacial score (nSPS) is 15.0. The first-order valence-electron chi connectivity index (χ1n) is 10.0. The summed E-state index contributed by atoms with van der Waals surface area (Å²) in [4.78, 5) is 0. The number of pyridine rings is 1. The Bertz CT molecular complexity index is 1200. The van der Waals surface area contributed by atoms with E-state index in [0.29, 0.717) is 10.8 Å². The minimum atomic E-state index is -0.297. The third kappa shape index (κ3) is 3.32. The molecule has 1 unspecified atom stereocenters. The van der Waals surface area contributed by atoms with Gasteiger partial charge >= 0.3 is 0 Å². The van der Waals surface area contributed by atoms with Gasteiger partial charge in [0.05, 0.1) is 23.5 Å². The van der Waals surface area contributed by atoms with Crippen LogP contribution < -0.4 is 10.1 Å². The highest BCUT2D eigenvalue weighted by Gasteiger charge is 2.21. The first-order valence-corrected chi connectivity index (χ1v) is 10.4. The Kier molecular flexibility index (Phi) is 4.88. The maximum absolute atomic E-state index is 6.42. The molecule has 154 valence electrons. The van der Waals surface area contributed by atoms with Crippen molar-refractivity contribution in [3.8, 4) is 17.0 Å². The summed E-state index contributed by atoms with van der Waals surface area (Å²) in [5.74, 6) is 0.636. The monoisotopic (exact) mass is 423 g/mol. The van der Waals surface area contributed by atoms with E-state index in [1.807, 2.05) is 31.3 Å². The molecule has 0 aliphatic carbocycles. The molecule has 0 bridgehead atoms. The summed E-state index contributed by atoms with van der Waals surface area (Å²) in [6.07, 6.45) is 5.89. The quantitative estimate of drug-likeness (QED) is 0.542. The van der Waals surface area contributed by atoms with Crippen LogP contribution in [0.2, 0.25) is 5.02 Å². The second kappa shape index (κ2) is 7.70. The molecule has 4 aromatic heterocycles. The molecule has 0 spiro atoms. The van der Waals surface area contributed by atoms with Gasteiger partial charge in [-0.15, -0.1) is 0 Å². The largest absolute Gasteiger partial charge is 0.482 e. The zero-order chi connectivity index (χ0) is 20.7. The summed E-state index contributed by atoms with van der Waals surface area (Å²) in [6.45, 7) is 6.81. The van der Waals surface area contributed by atoms with Gasteiger partial charge in [0.25, 0.3) is 0 Å². The minimum Gasteiger partial charge on any atom is -0.482 e. The molecule has 5 rings (SSSR count). The molecule has 0 saturated heterocycles. The van der Waals surface area contributed by atoms with Crippen LogP contribution in [0.25, 0.3) is 16.8 Å².